The van der Waals surface area contributed by atoms with Crippen molar-refractivity contribution >= 4 is 33.5 Å². The maximum absolute atomic E-state index is 13.4. The highest BCUT2D eigenvalue weighted by Gasteiger charge is 2.23. The van der Waals surface area contributed by atoms with E-state index in [2.05, 4.69) is 16.4 Å². The first-order valence-electron chi connectivity index (χ1n) is 11.4. The summed E-state index contributed by atoms with van der Waals surface area (Å²) in [7, 11) is 0. The molecule has 6 N–H and O–H groups in total. The van der Waals surface area contributed by atoms with Gasteiger partial charge in [-0.05, 0) is 55.5 Å². The molecular weight excluding hydrogens is 412 g/mol. The molecule has 33 heavy (non-hydrogen) atoms. The zero-order chi connectivity index (χ0) is 22.9. The van der Waals surface area contributed by atoms with Crippen LogP contribution in [0.1, 0.15) is 47.3 Å². The second-order valence-electron chi connectivity index (χ2n) is 8.88. The fourth-order valence-electron chi connectivity index (χ4n) is 4.77. The average Bonchev–Trinajstić information content (AvgIpc) is 3.18. The van der Waals surface area contributed by atoms with Crippen LogP contribution in [0.15, 0.2) is 60.8 Å². The van der Waals surface area contributed by atoms with E-state index in [1.807, 2.05) is 53.1 Å². The van der Waals surface area contributed by atoms with Crippen molar-refractivity contribution in [3.8, 4) is 0 Å². The van der Waals surface area contributed by atoms with Crippen molar-refractivity contribution in [2.24, 2.45) is 11.5 Å². The van der Waals surface area contributed by atoms with Crippen molar-refractivity contribution in [1.29, 1.82) is 5.41 Å². The molecule has 1 aliphatic carbocycles. The van der Waals surface area contributed by atoms with Gasteiger partial charge in [0, 0.05) is 46.7 Å². The van der Waals surface area contributed by atoms with E-state index in [9.17, 15) is 4.79 Å². The number of nitrogen functional groups attached to an aromatic ring is 1. The summed E-state index contributed by atoms with van der Waals surface area (Å²) in [6.07, 6.45) is 5.46. The summed E-state index contributed by atoms with van der Waals surface area (Å²) in [5, 5.41) is 13.1. The quantitative estimate of drug-likeness (QED) is 0.280. The van der Waals surface area contributed by atoms with Gasteiger partial charge in [0.2, 0.25) is 0 Å². The topological polar surface area (TPSA) is 123 Å². The number of nitrogens with one attached hydrogen (secondary N) is 2. The Bertz CT molecular complexity index is 1340. The maximum Gasteiger partial charge on any atom is 0.268 e. The summed E-state index contributed by atoms with van der Waals surface area (Å²) in [6.45, 7) is 0.506. The van der Waals surface area contributed by atoms with E-state index in [1.54, 1.807) is 6.20 Å². The summed E-state index contributed by atoms with van der Waals surface area (Å²) in [4.78, 5) is 17.9. The molecule has 1 saturated carbocycles. The molecule has 4 aromatic rings. The molecule has 0 spiro atoms. The van der Waals surface area contributed by atoms with Gasteiger partial charge < -0.3 is 21.4 Å². The summed E-state index contributed by atoms with van der Waals surface area (Å²) >= 11 is 0. The molecule has 1 fully saturated rings. The van der Waals surface area contributed by atoms with Gasteiger partial charge in [0.15, 0.2) is 0 Å². The molecule has 2 heterocycles. The molecule has 2 aromatic carbocycles. The fourth-order valence-corrected chi connectivity index (χ4v) is 4.77. The van der Waals surface area contributed by atoms with Gasteiger partial charge in [0.25, 0.3) is 5.91 Å². The summed E-state index contributed by atoms with van der Waals surface area (Å²) in [5.74, 6) is -0.0852. The van der Waals surface area contributed by atoms with Crippen LogP contribution in [0.2, 0.25) is 0 Å². The molecule has 0 aliphatic heterocycles. The number of pyridine rings is 1. The maximum atomic E-state index is 13.4. The molecule has 0 saturated heterocycles. The molecule has 168 valence electrons. The molecule has 0 radical (unpaired) electrons. The van der Waals surface area contributed by atoms with E-state index in [4.69, 9.17) is 16.9 Å². The second kappa shape index (κ2) is 8.67. The number of nitrogens with zero attached hydrogens (tertiary/aromatic N) is 2. The van der Waals surface area contributed by atoms with E-state index in [-0.39, 0.29) is 23.8 Å². The molecule has 7 heteroatoms. The van der Waals surface area contributed by atoms with Gasteiger partial charge >= 0.3 is 0 Å². The molecule has 5 rings (SSSR count). The lowest BCUT2D eigenvalue weighted by Crippen LogP contribution is -2.41. The van der Waals surface area contributed by atoms with Crippen molar-refractivity contribution in [1.82, 2.24) is 14.9 Å². The van der Waals surface area contributed by atoms with Crippen LogP contribution in [0.5, 0.6) is 0 Å². The Morgan fingerprint density at radius 3 is 2.67 bits per heavy atom. The smallest absolute Gasteiger partial charge is 0.268 e. The molecule has 0 atom stereocenters. The lowest BCUT2D eigenvalue weighted by Gasteiger charge is -2.27. The van der Waals surface area contributed by atoms with Gasteiger partial charge in [-0.1, -0.05) is 30.3 Å². The zero-order valence-corrected chi connectivity index (χ0v) is 18.4. The monoisotopic (exact) mass is 440 g/mol. The van der Waals surface area contributed by atoms with Gasteiger partial charge in [0.1, 0.15) is 11.5 Å². The Morgan fingerprint density at radius 2 is 1.88 bits per heavy atom. The molecule has 0 bridgehead atoms. The van der Waals surface area contributed by atoms with Crippen molar-refractivity contribution in [3.63, 3.8) is 0 Å². The van der Waals surface area contributed by atoms with Crippen molar-refractivity contribution in [2.75, 3.05) is 0 Å². The normalized spacial score (nSPS) is 18.5. The number of hydrogen-bond donors (Lipinski definition) is 4. The number of aromatic nitrogens is 2. The minimum Gasteiger partial charge on any atom is -0.384 e. The van der Waals surface area contributed by atoms with E-state index in [1.165, 1.54) is 0 Å². The van der Waals surface area contributed by atoms with Crippen LogP contribution in [0.25, 0.3) is 21.8 Å². The number of carbonyl (C=O) groups excluding carboxylic acids is 1. The van der Waals surface area contributed by atoms with E-state index in [0.717, 1.165) is 53.1 Å². The Hall–Kier alpha value is -3.71. The lowest BCUT2D eigenvalue weighted by molar-refractivity contribution is 0.0917. The molecule has 1 amide bonds. The van der Waals surface area contributed by atoms with E-state index >= 15 is 0 Å². The van der Waals surface area contributed by atoms with Crippen LogP contribution in [0.3, 0.4) is 0 Å². The Balaban J connectivity index is 1.57. The number of amidine groups is 1. The average molecular weight is 441 g/mol. The first-order chi connectivity index (χ1) is 16.0. The number of nitrogens with two attached hydrogens (primary N) is 2. The molecule has 1 aliphatic rings. The Kier molecular flexibility index (Phi) is 5.56. The lowest BCUT2D eigenvalue weighted by atomic mass is 9.92. The number of hydrogen-bond acceptors (Lipinski definition) is 4. The minimum atomic E-state index is -0.0885. The largest absolute Gasteiger partial charge is 0.384 e. The van der Waals surface area contributed by atoms with Crippen LogP contribution in [-0.2, 0) is 6.54 Å². The molecule has 0 unspecified atom stereocenters. The summed E-state index contributed by atoms with van der Waals surface area (Å²) in [6, 6.07) is 17.9. The van der Waals surface area contributed by atoms with E-state index in [0.29, 0.717) is 17.8 Å². The first-order valence-corrected chi connectivity index (χ1v) is 11.4. The van der Waals surface area contributed by atoms with Crippen LogP contribution >= 0.6 is 0 Å². The van der Waals surface area contributed by atoms with Crippen molar-refractivity contribution < 1.29 is 4.79 Å². The SMILES string of the molecule is N=C(N)c1ccc2cc(C(=O)NC3CCC(N)CC3)n(Cc3ccnc4ccccc34)c2c1. The van der Waals surface area contributed by atoms with Gasteiger partial charge in [0.05, 0.1) is 5.52 Å². The fraction of sp³-hybridized carbons (Fsp3) is 0.269. The van der Waals surface area contributed by atoms with Crippen LogP contribution in [0.4, 0.5) is 0 Å². The molecule has 7 nitrogen and oxygen atoms in total. The third-order valence-electron chi connectivity index (χ3n) is 6.62. The number of amides is 1. The Morgan fingerprint density at radius 1 is 1.09 bits per heavy atom. The minimum absolute atomic E-state index is 0.00329. The standard InChI is InChI=1S/C26H28N6O/c27-19-7-9-20(10-8-19)31-26(33)24-13-16-5-6-17(25(28)29)14-23(16)32(24)15-18-11-12-30-22-4-2-1-3-21(18)22/h1-6,11-14,19-20H,7-10,15,27H2,(H3,28,29)(H,31,33). The highest BCUT2D eigenvalue weighted by Crippen LogP contribution is 2.26. The second-order valence-corrected chi connectivity index (χ2v) is 8.88. The Labute approximate surface area is 192 Å². The highest BCUT2D eigenvalue weighted by molar-refractivity contribution is 6.02. The van der Waals surface area contributed by atoms with Crippen molar-refractivity contribution in [3.05, 3.63) is 77.6 Å². The number of fused-ring (bicyclic) bond motifs is 2. The number of carbonyl (C=O) groups is 1. The predicted molar refractivity (Wildman–Crippen MR) is 131 cm³/mol. The third-order valence-corrected chi connectivity index (χ3v) is 6.62. The van der Waals surface area contributed by atoms with Crippen LogP contribution in [-0.4, -0.2) is 33.4 Å². The third kappa shape index (κ3) is 4.19. The molecule has 2 aromatic heterocycles. The first kappa shape index (κ1) is 21.2. The van der Waals surface area contributed by atoms with Crippen LogP contribution in [0, 0.1) is 5.41 Å². The van der Waals surface area contributed by atoms with Gasteiger partial charge in [-0.25, -0.2) is 0 Å². The predicted octanol–water partition coefficient (Wildman–Crippen LogP) is 3.52. The summed E-state index contributed by atoms with van der Waals surface area (Å²) < 4.78 is 2.02. The van der Waals surface area contributed by atoms with Gasteiger partial charge in [-0.3, -0.25) is 15.2 Å². The van der Waals surface area contributed by atoms with Crippen molar-refractivity contribution in [2.45, 2.75) is 44.3 Å². The summed E-state index contributed by atoms with van der Waals surface area (Å²) in [5.41, 5.74) is 15.9. The highest BCUT2D eigenvalue weighted by atomic mass is 16.2. The van der Waals surface area contributed by atoms with Gasteiger partial charge in [-0.2, -0.15) is 0 Å². The van der Waals surface area contributed by atoms with Crippen LogP contribution < -0.4 is 16.8 Å². The number of rotatable bonds is 5. The molecular formula is C26H28N6O. The zero-order valence-electron chi connectivity index (χ0n) is 18.4. The van der Waals surface area contributed by atoms with E-state index < -0.39 is 0 Å². The number of para-hydroxylation sites is 1. The number of benzene rings is 2. The van der Waals surface area contributed by atoms with Gasteiger partial charge in [-0.15, -0.1) is 0 Å².